The van der Waals surface area contributed by atoms with Gasteiger partial charge in [-0.15, -0.1) is 0 Å². The van der Waals surface area contributed by atoms with Gasteiger partial charge in [-0.1, -0.05) is 6.07 Å². The first-order valence-corrected chi connectivity index (χ1v) is 7.16. The number of carbonyl (C=O) groups excluding carboxylic acids is 2. The van der Waals surface area contributed by atoms with Gasteiger partial charge in [0.2, 0.25) is 5.91 Å². The minimum atomic E-state index is -0.491. The van der Waals surface area contributed by atoms with Crippen LogP contribution in [0.15, 0.2) is 18.2 Å². The number of primary amides is 1. The van der Waals surface area contributed by atoms with E-state index in [0.717, 1.165) is 17.5 Å². The number of hydrogen-bond donors (Lipinski definition) is 1. The molecule has 1 aliphatic heterocycles. The van der Waals surface area contributed by atoms with Gasteiger partial charge >= 0.3 is 6.09 Å². The second kappa shape index (κ2) is 5.76. The Bertz CT molecular complexity index is 561. The van der Waals surface area contributed by atoms with E-state index in [1.807, 2.05) is 32.9 Å². The third-order valence-electron chi connectivity index (χ3n) is 3.44. The molecule has 0 aromatic heterocycles. The van der Waals surface area contributed by atoms with Gasteiger partial charge < -0.3 is 15.4 Å². The molecular weight excluding hydrogens is 268 g/mol. The summed E-state index contributed by atoms with van der Waals surface area (Å²) < 4.78 is 5.41. The number of nitrogens with two attached hydrogens (primary N) is 1. The van der Waals surface area contributed by atoms with Gasteiger partial charge in [0.25, 0.3) is 0 Å². The third-order valence-corrected chi connectivity index (χ3v) is 3.44. The van der Waals surface area contributed by atoms with Crippen LogP contribution in [0.5, 0.6) is 0 Å². The van der Waals surface area contributed by atoms with Crippen molar-refractivity contribution in [2.45, 2.75) is 39.2 Å². The van der Waals surface area contributed by atoms with E-state index in [9.17, 15) is 9.59 Å². The van der Waals surface area contributed by atoms with Crippen molar-refractivity contribution in [3.63, 3.8) is 0 Å². The zero-order valence-corrected chi connectivity index (χ0v) is 12.8. The molecule has 2 amide bonds. The minimum absolute atomic E-state index is 0.287. The van der Waals surface area contributed by atoms with Crippen molar-refractivity contribution in [3.8, 4) is 0 Å². The number of carbonyl (C=O) groups is 2. The molecule has 2 rings (SSSR count). The average molecular weight is 290 g/mol. The summed E-state index contributed by atoms with van der Waals surface area (Å²) in [7, 11) is 0. The summed E-state index contributed by atoms with van der Waals surface area (Å²) in [5.41, 5.74) is 7.57. The molecule has 1 heterocycles. The van der Waals surface area contributed by atoms with Crippen LogP contribution in [-0.4, -0.2) is 35.6 Å². The van der Waals surface area contributed by atoms with Crippen LogP contribution in [-0.2, 0) is 17.6 Å². The van der Waals surface area contributed by atoms with E-state index in [-0.39, 0.29) is 6.09 Å². The van der Waals surface area contributed by atoms with E-state index >= 15 is 0 Å². The van der Waals surface area contributed by atoms with Gasteiger partial charge in [0.15, 0.2) is 0 Å². The summed E-state index contributed by atoms with van der Waals surface area (Å²) in [6, 6.07) is 5.49. The highest BCUT2D eigenvalue weighted by atomic mass is 16.6. The van der Waals surface area contributed by atoms with Gasteiger partial charge in [-0.3, -0.25) is 4.79 Å². The molecule has 5 heteroatoms. The Morgan fingerprint density at radius 2 is 1.76 bits per heavy atom. The lowest BCUT2D eigenvalue weighted by Gasteiger charge is -2.26. The zero-order chi connectivity index (χ0) is 15.6. The molecule has 114 valence electrons. The number of nitrogens with zero attached hydrogens (tertiary/aromatic N) is 1. The molecule has 0 spiro atoms. The first-order chi connectivity index (χ1) is 9.76. The van der Waals surface area contributed by atoms with Crippen molar-refractivity contribution in [2.75, 3.05) is 13.1 Å². The van der Waals surface area contributed by atoms with Crippen LogP contribution in [0, 0.1) is 0 Å². The summed E-state index contributed by atoms with van der Waals surface area (Å²) >= 11 is 0. The first kappa shape index (κ1) is 15.4. The number of hydrogen-bond acceptors (Lipinski definition) is 3. The van der Waals surface area contributed by atoms with Crippen LogP contribution >= 0.6 is 0 Å². The summed E-state index contributed by atoms with van der Waals surface area (Å²) in [4.78, 5) is 25.1. The number of benzene rings is 1. The number of ether oxygens (including phenoxy) is 1. The second-order valence-electron chi connectivity index (χ2n) is 6.32. The quantitative estimate of drug-likeness (QED) is 0.861. The van der Waals surface area contributed by atoms with Crippen LogP contribution in [0.1, 0.15) is 42.3 Å². The number of rotatable bonds is 1. The van der Waals surface area contributed by atoms with Gasteiger partial charge in [0.1, 0.15) is 5.60 Å². The van der Waals surface area contributed by atoms with Crippen LogP contribution in [0.2, 0.25) is 0 Å². The lowest BCUT2D eigenvalue weighted by Crippen LogP contribution is -2.38. The molecule has 1 aromatic carbocycles. The Balaban J connectivity index is 2.10. The normalized spacial score (nSPS) is 15.1. The maximum atomic E-state index is 12.1. The third kappa shape index (κ3) is 3.97. The van der Waals surface area contributed by atoms with Gasteiger partial charge in [-0.2, -0.15) is 0 Å². The smallest absolute Gasteiger partial charge is 0.410 e. The largest absolute Gasteiger partial charge is 0.444 e. The Morgan fingerprint density at radius 1 is 1.14 bits per heavy atom. The molecular formula is C16H22N2O3. The topological polar surface area (TPSA) is 72.6 Å². The molecule has 0 radical (unpaired) electrons. The van der Waals surface area contributed by atoms with Crippen LogP contribution < -0.4 is 5.73 Å². The number of fused-ring (bicyclic) bond motifs is 1. The number of amides is 2. The van der Waals surface area contributed by atoms with Crippen molar-refractivity contribution in [1.82, 2.24) is 4.90 Å². The van der Waals surface area contributed by atoms with E-state index in [1.54, 1.807) is 11.0 Å². The highest BCUT2D eigenvalue weighted by Gasteiger charge is 2.24. The first-order valence-electron chi connectivity index (χ1n) is 7.16. The Kier molecular flexibility index (Phi) is 4.21. The predicted molar refractivity (Wildman–Crippen MR) is 80.2 cm³/mol. The van der Waals surface area contributed by atoms with Crippen LogP contribution in [0.4, 0.5) is 4.79 Å². The van der Waals surface area contributed by atoms with E-state index < -0.39 is 11.5 Å². The molecule has 2 N–H and O–H groups in total. The lowest BCUT2D eigenvalue weighted by atomic mass is 10.00. The molecule has 1 aliphatic rings. The molecule has 0 atom stereocenters. The van der Waals surface area contributed by atoms with Crippen molar-refractivity contribution in [1.29, 1.82) is 0 Å². The maximum Gasteiger partial charge on any atom is 0.410 e. The van der Waals surface area contributed by atoms with Crippen LogP contribution in [0.25, 0.3) is 0 Å². The molecule has 0 fully saturated rings. The summed E-state index contributed by atoms with van der Waals surface area (Å²) in [5.74, 6) is -0.425. The van der Waals surface area contributed by atoms with Gasteiger partial charge in [0.05, 0.1) is 0 Å². The molecule has 5 nitrogen and oxygen atoms in total. The minimum Gasteiger partial charge on any atom is -0.444 e. The SMILES string of the molecule is CC(C)(C)OC(=O)N1CCc2ccc(C(N)=O)cc2CC1. The van der Waals surface area contributed by atoms with E-state index in [0.29, 0.717) is 25.1 Å². The van der Waals surface area contributed by atoms with Crippen molar-refractivity contribution in [3.05, 3.63) is 34.9 Å². The molecule has 0 saturated heterocycles. The monoisotopic (exact) mass is 290 g/mol. The van der Waals surface area contributed by atoms with E-state index in [1.165, 1.54) is 0 Å². The summed E-state index contributed by atoms with van der Waals surface area (Å²) in [6.07, 6.45) is 1.17. The Morgan fingerprint density at radius 3 is 2.33 bits per heavy atom. The predicted octanol–water partition coefficient (Wildman–Crippen LogP) is 2.12. The van der Waals surface area contributed by atoms with Gasteiger partial charge in [0, 0.05) is 18.7 Å². The maximum absolute atomic E-state index is 12.1. The van der Waals surface area contributed by atoms with Crippen molar-refractivity contribution < 1.29 is 14.3 Å². The highest BCUT2D eigenvalue weighted by molar-refractivity contribution is 5.93. The average Bonchev–Trinajstić information content (AvgIpc) is 2.58. The molecule has 0 saturated carbocycles. The van der Waals surface area contributed by atoms with E-state index in [2.05, 4.69) is 0 Å². The Hall–Kier alpha value is -2.04. The van der Waals surface area contributed by atoms with Crippen LogP contribution in [0.3, 0.4) is 0 Å². The lowest BCUT2D eigenvalue weighted by molar-refractivity contribution is 0.0258. The molecule has 1 aromatic rings. The van der Waals surface area contributed by atoms with Crippen molar-refractivity contribution in [2.24, 2.45) is 5.73 Å². The molecule has 21 heavy (non-hydrogen) atoms. The molecule has 0 bridgehead atoms. The Labute approximate surface area is 125 Å². The molecule has 0 unspecified atom stereocenters. The summed E-state index contributed by atoms with van der Waals surface area (Å²) in [5, 5.41) is 0. The fourth-order valence-electron chi connectivity index (χ4n) is 2.39. The molecule has 0 aliphatic carbocycles. The highest BCUT2D eigenvalue weighted by Crippen LogP contribution is 2.19. The summed E-state index contributed by atoms with van der Waals surface area (Å²) in [6.45, 7) is 6.78. The standard InChI is InChI=1S/C16H22N2O3/c1-16(2,3)21-15(20)18-8-6-11-4-5-13(14(17)19)10-12(11)7-9-18/h4-5,10H,6-9H2,1-3H3,(H2,17,19). The second-order valence-corrected chi connectivity index (χ2v) is 6.32. The fourth-order valence-corrected chi connectivity index (χ4v) is 2.39. The van der Waals surface area contributed by atoms with E-state index in [4.69, 9.17) is 10.5 Å². The van der Waals surface area contributed by atoms with Gasteiger partial charge in [-0.25, -0.2) is 4.79 Å². The van der Waals surface area contributed by atoms with Crippen molar-refractivity contribution >= 4 is 12.0 Å². The van der Waals surface area contributed by atoms with Gasteiger partial charge in [-0.05, 0) is 56.9 Å². The zero-order valence-electron chi connectivity index (χ0n) is 12.8. The fraction of sp³-hybridized carbons (Fsp3) is 0.500.